The molecule has 6 nitrogen and oxygen atoms in total. The maximum Gasteiger partial charge on any atom is 1.00 e. The number of hydrogen-bond donors (Lipinski definition) is 1. The molecule has 1 rings (SSSR count). The van der Waals surface area contributed by atoms with Crippen LogP contribution >= 0.6 is 0 Å². The van der Waals surface area contributed by atoms with Crippen LogP contribution in [0, 0.1) is 0 Å². The Morgan fingerprint density at radius 2 is 1.89 bits per heavy atom. The first-order valence-corrected chi connectivity index (χ1v) is 5.63. The molecule has 1 unspecified atom stereocenters. The summed E-state index contributed by atoms with van der Waals surface area (Å²) in [5, 5.41) is 13.3. The minimum absolute atomic E-state index is 0. The Morgan fingerprint density at radius 3 is 2.28 bits per heavy atom. The minimum Gasteiger partial charge on any atom is -0.548 e. The number of carbonyl (C=O) groups is 2. The molecule has 1 saturated heterocycles. The second-order valence-electron chi connectivity index (χ2n) is 5.29. The van der Waals surface area contributed by atoms with Crippen LogP contribution in [0.2, 0.25) is 0 Å². The second kappa shape index (κ2) is 6.46. The summed E-state index contributed by atoms with van der Waals surface area (Å²) in [6.45, 7) is 7.95. The Hall–Kier alpha value is -0.703. The molecule has 1 aliphatic heterocycles. The van der Waals surface area contributed by atoms with Crippen LogP contribution in [0.15, 0.2) is 0 Å². The van der Waals surface area contributed by atoms with Gasteiger partial charge in [-0.25, -0.2) is 4.79 Å². The van der Waals surface area contributed by atoms with Crippen molar-refractivity contribution in [1.82, 2.24) is 10.2 Å². The van der Waals surface area contributed by atoms with E-state index in [2.05, 4.69) is 5.32 Å². The molecule has 18 heavy (non-hydrogen) atoms. The number of likely N-dealkylation sites (tertiary alicyclic amines) is 1. The predicted molar refractivity (Wildman–Crippen MR) is 59.2 cm³/mol. The van der Waals surface area contributed by atoms with Gasteiger partial charge in [0.05, 0.1) is 12.0 Å². The van der Waals surface area contributed by atoms with E-state index in [1.54, 1.807) is 32.6 Å². The summed E-state index contributed by atoms with van der Waals surface area (Å²) >= 11 is 0. The Labute approximate surface area is 119 Å². The average molecular weight is 250 g/mol. The number of carboxylic acid groups (broad SMARTS) is 1. The monoisotopic (exact) mass is 250 g/mol. The van der Waals surface area contributed by atoms with Crippen LogP contribution in [0.25, 0.3) is 0 Å². The number of nitrogens with one attached hydrogen (secondary N) is 1. The van der Waals surface area contributed by atoms with Gasteiger partial charge in [0.15, 0.2) is 0 Å². The molecule has 1 N–H and O–H groups in total. The third-order valence-electron chi connectivity index (χ3n) is 2.52. The number of aliphatic carboxylic acids is 1. The third-order valence-corrected chi connectivity index (χ3v) is 2.52. The smallest absolute Gasteiger partial charge is 0.548 e. The van der Waals surface area contributed by atoms with Crippen LogP contribution in [0.4, 0.5) is 4.79 Å². The van der Waals surface area contributed by atoms with Crippen molar-refractivity contribution in [3.8, 4) is 0 Å². The number of amides is 1. The van der Waals surface area contributed by atoms with Crippen molar-refractivity contribution in [2.75, 3.05) is 13.1 Å². The summed E-state index contributed by atoms with van der Waals surface area (Å²) in [7, 11) is 0. The molecule has 0 spiro atoms. The van der Waals surface area contributed by atoms with Crippen LogP contribution in [0.5, 0.6) is 0 Å². The predicted octanol–water partition coefficient (Wildman–Crippen LogP) is -3.66. The zero-order valence-electron chi connectivity index (χ0n) is 11.6. The summed E-state index contributed by atoms with van der Waals surface area (Å²) < 4.78 is 5.09. The number of alkyl carbamates (subject to hydrolysis) is 1. The third kappa shape index (κ3) is 5.30. The van der Waals surface area contributed by atoms with E-state index in [9.17, 15) is 14.7 Å². The van der Waals surface area contributed by atoms with Gasteiger partial charge in [-0.1, -0.05) is 0 Å². The van der Waals surface area contributed by atoms with Crippen LogP contribution in [0.3, 0.4) is 0 Å². The molecule has 0 aromatic carbocycles. The van der Waals surface area contributed by atoms with Crippen molar-refractivity contribution in [3.63, 3.8) is 0 Å². The fourth-order valence-corrected chi connectivity index (χ4v) is 1.54. The van der Waals surface area contributed by atoms with Crippen molar-refractivity contribution in [3.05, 3.63) is 0 Å². The molecule has 1 heterocycles. The van der Waals surface area contributed by atoms with E-state index >= 15 is 0 Å². The normalized spacial score (nSPS) is 18.2. The van der Waals surface area contributed by atoms with Crippen molar-refractivity contribution in [2.45, 2.75) is 45.4 Å². The van der Waals surface area contributed by atoms with Crippen molar-refractivity contribution in [1.29, 1.82) is 0 Å². The van der Waals surface area contributed by atoms with Crippen molar-refractivity contribution < 1.29 is 38.3 Å². The summed E-state index contributed by atoms with van der Waals surface area (Å²) in [5.41, 5.74) is -0.522. The number of carbonyl (C=O) groups excluding carboxylic acids is 2. The molecule has 0 radical (unpaired) electrons. The molecule has 1 fully saturated rings. The number of nitrogens with zero attached hydrogens (tertiary/aromatic N) is 1. The fourth-order valence-electron chi connectivity index (χ4n) is 1.54. The van der Waals surface area contributed by atoms with Gasteiger partial charge in [0, 0.05) is 19.1 Å². The number of rotatable bonds is 3. The largest absolute Gasteiger partial charge is 1.00 e. The molecule has 98 valence electrons. The van der Waals surface area contributed by atoms with E-state index < -0.39 is 23.7 Å². The molecule has 1 amide bonds. The second-order valence-corrected chi connectivity index (χ2v) is 5.29. The van der Waals surface area contributed by atoms with Crippen molar-refractivity contribution >= 4 is 12.1 Å². The first-order valence-electron chi connectivity index (χ1n) is 5.63. The molecular formula is C11H19LiN2O4. The number of ether oxygens (including phenoxy) is 1. The molecule has 0 aliphatic carbocycles. The van der Waals surface area contributed by atoms with E-state index in [0.29, 0.717) is 13.1 Å². The standard InChI is InChI=1S/C11H20N2O4.Li/c1-7(9(14)15)13-5-8(6-13)12-10(16)17-11(2,3)4;/h7-8H,5-6H2,1-4H3,(H,12,16)(H,14,15);/q;+1/p-1. The molecule has 1 aliphatic rings. The Morgan fingerprint density at radius 1 is 1.39 bits per heavy atom. The van der Waals surface area contributed by atoms with Gasteiger partial charge in [-0.15, -0.1) is 0 Å². The van der Waals surface area contributed by atoms with Gasteiger partial charge in [-0.3, -0.25) is 4.90 Å². The SMILES string of the molecule is CC(C(=O)[O-])N1CC(NC(=O)OC(C)(C)C)C1.[Li+]. The van der Waals surface area contributed by atoms with Crippen LogP contribution < -0.4 is 29.3 Å². The topological polar surface area (TPSA) is 81.7 Å². The number of carboxylic acids is 1. The van der Waals surface area contributed by atoms with Gasteiger partial charge in [-0.2, -0.15) is 0 Å². The summed E-state index contributed by atoms with van der Waals surface area (Å²) in [5.74, 6) is -1.10. The molecule has 7 heteroatoms. The zero-order valence-corrected chi connectivity index (χ0v) is 11.6. The van der Waals surface area contributed by atoms with Crippen LogP contribution in [-0.2, 0) is 9.53 Å². The Kier molecular flexibility index (Phi) is 6.21. The van der Waals surface area contributed by atoms with E-state index in [-0.39, 0.29) is 24.9 Å². The minimum atomic E-state index is -1.10. The summed E-state index contributed by atoms with van der Waals surface area (Å²) in [4.78, 5) is 23.7. The van der Waals surface area contributed by atoms with Gasteiger partial charge in [0.25, 0.3) is 0 Å². The van der Waals surface area contributed by atoms with Crippen LogP contribution in [0.1, 0.15) is 27.7 Å². The first-order chi connectivity index (χ1) is 7.69. The molecule has 0 saturated carbocycles. The zero-order chi connectivity index (χ0) is 13.2. The van der Waals surface area contributed by atoms with Crippen molar-refractivity contribution in [2.24, 2.45) is 0 Å². The Bertz CT molecular complexity index is 311. The molecular weight excluding hydrogens is 231 g/mol. The molecule has 1 atom stereocenters. The average Bonchev–Trinajstić information content (AvgIpc) is 2.06. The van der Waals surface area contributed by atoms with E-state index in [1.165, 1.54) is 0 Å². The molecule has 0 aromatic heterocycles. The van der Waals surface area contributed by atoms with E-state index in [1.807, 2.05) is 0 Å². The quantitative estimate of drug-likeness (QED) is 0.522. The fraction of sp³-hybridized carbons (Fsp3) is 0.818. The van der Waals surface area contributed by atoms with Gasteiger partial charge in [-0.05, 0) is 27.7 Å². The molecule has 0 bridgehead atoms. The van der Waals surface area contributed by atoms with Gasteiger partial charge in [0.1, 0.15) is 5.60 Å². The van der Waals surface area contributed by atoms with E-state index in [0.717, 1.165) is 0 Å². The summed E-state index contributed by atoms with van der Waals surface area (Å²) in [6, 6.07) is -0.668. The Balaban J connectivity index is 0.00000289. The maximum atomic E-state index is 11.4. The van der Waals surface area contributed by atoms with Gasteiger partial charge in [0.2, 0.25) is 0 Å². The first kappa shape index (κ1) is 17.3. The summed E-state index contributed by atoms with van der Waals surface area (Å²) in [6.07, 6.45) is -0.469. The van der Waals surface area contributed by atoms with Gasteiger partial charge >= 0.3 is 25.0 Å². The molecule has 0 aromatic rings. The number of hydrogen-bond acceptors (Lipinski definition) is 5. The maximum absolute atomic E-state index is 11.4. The van der Waals surface area contributed by atoms with Crippen LogP contribution in [-0.4, -0.2) is 47.7 Å². The van der Waals surface area contributed by atoms with E-state index in [4.69, 9.17) is 4.74 Å². The van der Waals surface area contributed by atoms with Gasteiger partial charge < -0.3 is 20.0 Å².